The Hall–Kier alpha value is -1.84. The van der Waals surface area contributed by atoms with Crippen LogP contribution in [0.15, 0.2) is 24.3 Å². The van der Waals surface area contributed by atoms with Crippen molar-refractivity contribution in [3.8, 4) is 0 Å². The summed E-state index contributed by atoms with van der Waals surface area (Å²) in [6.07, 6.45) is 0. The first-order valence-electron chi connectivity index (χ1n) is 4.63. The van der Waals surface area contributed by atoms with Gasteiger partial charge in [-0.25, -0.2) is 0 Å². The molecule has 0 fully saturated rings. The topological polar surface area (TPSA) is 69.2 Å². The van der Waals surface area contributed by atoms with Crippen LogP contribution in [0.1, 0.15) is 34.6 Å². The van der Waals surface area contributed by atoms with E-state index in [9.17, 15) is 14.7 Å². The number of carbonyl (C=O) groups is 2. The third-order valence-electron chi connectivity index (χ3n) is 1.81. The molecule has 1 N–H and O–H groups in total. The lowest BCUT2D eigenvalue weighted by Gasteiger charge is -2.12. The summed E-state index contributed by atoms with van der Waals surface area (Å²) in [6.45, 7) is 3.61. The highest BCUT2D eigenvalue weighted by atomic mass is 16.4. The molecule has 0 saturated heterocycles. The van der Waals surface area contributed by atoms with Gasteiger partial charge in [0.05, 0.1) is 5.97 Å². The maximum absolute atomic E-state index is 11.6. The van der Waals surface area contributed by atoms with Crippen LogP contribution in [0.3, 0.4) is 0 Å². The van der Waals surface area contributed by atoms with Gasteiger partial charge in [0.25, 0.3) is 5.91 Å². The predicted octanol–water partition coefficient (Wildman–Crippen LogP) is 0.188. The molecule has 1 rings (SSSR count). The zero-order valence-corrected chi connectivity index (χ0v) is 8.61. The Bertz CT molecular complexity index is 385. The summed E-state index contributed by atoms with van der Waals surface area (Å²) in [5.41, 5.74) is 0.0434. The second-order valence-electron chi connectivity index (χ2n) is 3.46. The van der Waals surface area contributed by atoms with Crippen molar-refractivity contribution < 1.29 is 14.7 Å². The van der Waals surface area contributed by atoms with Crippen LogP contribution in [0.4, 0.5) is 0 Å². The molecule has 1 aromatic carbocycles. The van der Waals surface area contributed by atoms with Gasteiger partial charge in [0.15, 0.2) is 0 Å². The molecule has 4 heteroatoms. The smallest absolute Gasteiger partial charge is 0.252 e. The molecule has 0 atom stereocenters. The third-order valence-corrected chi connectivity index (χ3v) is 1.81. The van der Waals surface area contributed by atoms with Gasteiger partial charge in [0, 0.05) is 17.2 Å². The third kappa shape index (κ3) is 2.80. The molecule has 0 aliphatic rings. The molecular weight excluding hydrogens is 194 g/mol. The lowest BCUT2D eigenvalue weighted by Crippen LogP contribution is -2.33. The molecule has 0 aliphatic carbocycles. The SMILES string of the molecule is CC(C)NC(=O)c1ccccc1C(=O)[O-]. The molecule has 15 heavy (non-hydrogen) atoms. The molecule has 1 amide bonds. The summed E-state index contributed by atoms with van der Waals surface area (Å²) in [7, 11) is 0. The van der Waals surface area contributed by atoms with Gasteiger partial charge in [0.1, 0.15) is 0 Å². The molecule has 0 unspecified atom stereocenters. The van der Waals surface area contributed by atoms with Gasteiger partial charge >= 0.3 is 0 Å². The summed E-state index contributed by atoms with van der Waals surface area (Å²) in [5, 5.41) is 13.3. The van der Waals surface area contributed by atoms with Crippen molar-refractivity contribution in [2.75, 3.05) is 0 Å². The quantitative estimate of drug-likeness (QED) is 0.767. The highest BCUT2D eigenvalue weighted by Gasteiger charge is 2.11. The number of nitrogens with one attached hydrogen (secondary N) is 1. The Morgan fingerprint density at radius 3 is 2.20 bits per heavy atom. The van der Waals surface area contributed by atoms with E-state index in [-0.39, 0.29) is 17.2 Å². The molecule has 0 aromatic heterocycles. The summed E-state index contributed by atoms with van der Waals surface area (Å²) < 4.78 is 0. The molecule has 0 saturated carbocycles. The number of hydrogen-bond acceptors (Lipinski definition) is 3. The molecule has 1 aromatic rings. The first-order valence-corrected chi connectivity index (χ1v) is 4.63. The lowest BCUT2D eigenvalue weighted by atomic mass is 10.1. The fourth-order valence-electron chi connectivity index (χ4n) is 1.20. The maximum atomic E-state index is 11.6. The Morgan fingerprint density at radius 2 is 1.73 bits per heavy atom. The standard InChI is InChI=1S/C11H13NO3/c1-7(2)12-10(13)8-5-3-4-6-9(8)11(14)15/h3-7H,1-2H3,(H,12,13)(H,14,15)/p-1. The number of rotatable bonds is 3. The minimum atomic E-state index is -1.34. The number of carboxylic acids is 1. The molecule has 4 nitrogen and oxygen atoms in total. The summed E-state index contributed by atoms with van der Waals surface area (Å²) in [5.74, 6) is -1.74. The van der Waals surface area contributed by atoms with Crippen LogP contribution in [-0.2, 0) is 0 Å². The van der Waals surface area contributed by atoms with Crippen molar-refractivity contribution >= 4 is 11.9 Å². The van der Waals surface area contributed by atoms with Crippen LogP contribution >= 0.6 is 0 Å². The van der Waals surface area contributed by atoms with Gasteiger partial charge in [-0.3, -0.25) is 4.79 Å². The van der Waals surface area contributed by atoms with Crippen molar-refractivity contribution in [3.05, 3.63) is 35.4 Å². The average Bonchev–Trinajstić information content (AvgIpc) is 2.16. The van der Waals surface area contributed by atoms with Crippen molar-refractivity contribution in [2.45, 2.75) is 19.9 Å². The maximum Gasteiger partial charge on any atom is 0.252 e. The van der Waals surface area contributed by atoms with Crippen LogP contribution in [0.25, 0.3) is 0 Å². The largest absolute Gasteiger partial charge is 0.545 e. The fourth-order valence-corrected chi connectivity index (χ4v) is 1.20. The second kappa shape index (κ2) is 4.59. The van der Waals surface area contributed by atoms with Gasteiger partial charge in [0.2, 0.25) is 0 Å². The zero-order chi connectivity index (χ0) is 11.4. The number of aromatic carboxylic acids is 1. The Balaban J connectivity index is 3.03. The van der Waals surface area contributed by atoms with Crippen molar-refractivity contribution in [1.29, 1.82) is 0 Å². The van der Waals surface area contributed by atoms with Crippen molar-refractivity contribution in [1.82, 2.24) is 5.32 Å². The highest BCUT2D eigenvalue weighted by molar-refractivity contribution is 6.04. The number of hydrogen-bond donors (Lipinski definition) is 1. The van der Waals surface area contributed by atoms with E-state index in [2.05, 4.69) is 5.32 Å². The number of carboxylic acid groups (broad SMARTS) is 1. The minimum Gasteiger partial charge on any atom is -0.545 e. The second-order valence-corrected chi connectivity index (χ2v) is 3.46. The van der Waals surface area contributed by atoms with E-state index in [0.717, 1.165) is 0 Å². The summed E-state index contributed by atoms with van der Waals surface area (Å²) >= 11 is 0. The number of carbonyl (C=O) groups excluding carboxylic acids is 2. The van der Waals surface area contributed by atoms with Crippen LogP contribution < -0.4 is 10.4 Å². The monoisotopic (exact) mass is 206 g/mol. The highest BCUT2D eigenvalue weighted by Crippen LogP contribution is 2.07. The zero-order valence-electron chi connectivity index (χ0n) is 8.61. The van der Waals surface area contributed by atoms with E-state index < -0.39 is 11.9 Å². The van der Waals surface area contributed by atoms with Crippen molar-refractivity contribution in [2.24, 2.45) is 0 Å². The van der Waals surface area contributed by atoms with Crippen LogP contribution in [-0.4, -0.2) is 17.9 Å². The molecule has 0 aliphatic heterocycles. The van der Waals surface area contributed by atoms with Gasteiger partial charge in [-0.2, -0.15) is 0 Å². The van der Waals surface area contributed by atoms with E-state index in [1.807, 2.05) is 0 Å². The Kier molecular flexibility index (Phi) is 3.44. The number of amides is 1. The summed E-state index contributed by atoms with van der Waals surface area (Å²) in [6, 6.07) is 5.94. The molecule has 0 heterocycles. The molecule has 0 bridgehead atoms. The Morgan fingerprint density at radius 1 is 1.20 bits per heavy atom. The molecule has 80 valence electrons. The molecule has 0 radical (unpaired) electrons. The average molecular weight is 206 g/mol. The Labute approximate surface area is 87.9 Å². The van der Waals surface area contributed by atoms with E-state index in [0.29, 0.717) is 0 Å². The van der Waals surface area contributed by atoms with E-state index in [1.54, 1.807) is 26.0 Å². The van der Waals surface area contributed by atoms with Gasteiger partial charge in [-0.15, -0.1) is 0 Å². The van der Waals surface area contributed by atoms with Gasteiger partial charge < -0.3 is 15.2 Å². The fraction of sp³-hybridized carbons (Fsp3) is 0.273. The first-order chi connectivity index (χ1) is 7.02. The van der Waals surface area contributed by atoms with E-state index >= 15 is 0 Å². The number of benzene rings is 1. The van der Waals surface area contributed by atoms with Crippen LogP contribution in [0, 0.1) is 0 Å². The van der Waals surface area contributed by atoms with Crippen LogP contribution in [0.5, 0.6) is 0 Å². The molecular formula is C11H12NO3-. The van der Waals surface area contributed by atoms with E-state index in [4.69, 9.17) is 0 Å². The minimum absolute atomic E-state index is 0.0349. The van der Waals surface area contributed by atoms with Crippen LogP contribution in [0.2, 0.25) is 0 Å². The van der Waals surface area contributed by atoms with Gasteiger partial charge in [-0.05, 0) is 19.9 Å². The van der Waals surface area contributed by atoms with Crippen molar-refractivity contribution in [3.63, 3.8) is 0 Å². The molecule has 0 spiro atoms. The normalized spacial score (nSPS) is 10.1. The first kappa shape index (κ1) is 11.2. The van der Waals surface area contributed by atoms with Gasteiger partial charge in [-0.1, -0.05) is 18.2 Å². The lowest BCUT2D eigenvalue weighted by molar-refractivity contribution is -0.255. The predicted molar refractivity (Wildman–Crippen MR) is 53.4 cm³/mol. The van der Waals surface area contributed by atoms with E-state index in [1.165, 1.54) is 12.1 Å². The summed E-state index contributed by atoms with van der Waals surface area (Å²) in [4.78, 5) is 22.3.